The smallest absolute Gasteiger partial charge is 0.286 e. The summed E-state index contributed by atoms with van der Waals surface area (Å²) in [7, 11) is 0. The Morgan fingerprint density at radius 2 is 2.08 bits per heavy atom. The number of nitrogens with zero attached hydrogens (tertiary/aromatic N) is 1. The fourth-order valence-electron chi connectivity index (χ4n) is 3.84. The Kier molecular flexibility index (Phi) is 4.16. The summed E-state index contributed by atoms with van der Waals surface area (Å²) in [6.07, 6.45) is 5.21. The van der Waals surface area contributed by atoms with E-state index < -0.39 is 0 Å². The first kappa shape index (κ1) is 15.5. The van der Waals surface area contributed by atoms with E-state index in [2.05, 4.69) is 10.2 Å². The Bertz CT molecular complexity index is 659. The van der Waals surface area contributed by atoms with E-state index in [-0.39, 0.29) is 11.5 Å². The van der Waals surface area contributed by atoms with Crippen LogP contribution in [0.5, 0.6) is 0 Å². The molecule has 1 N–H and O–H groups in total. The largest absolute Gasteiger partial charge is 0.468 e. The van der Waals surface area contributed by atoms with Crippen molar-refractivity contribution in [1.82, 2.24) is 10.2 Å². The molecule has 2 aromatic heterocycles. The highest BCUT2D eigenvalue weighted by atomic mass is 16.5. The number of rotatable bonds is 6. The van der Waals surface area contributed by atoms with Gasteiger partial charge in [-0.1, -0.05) is 0 Å². The van der Waals surface area contributed by atoms with Crippen LogP contribution < -0.4 is 5.32 Å². The molecule has 4 rings (SSSR count). The van der Waals surface area contributed by atoms with E-state index in [0.717, 1.165) is 44.8 Å². The highest BCUT2D eigenvalue weighted by molar-refractivity contribution is 5.91. The second-order valence-corrected chi connectivity index (χ2v) is 6.65. The fraction of sp³-hybridized carbons (Fsp3) is 0.500. The van der Waals surface area contributed by atoms with Crippen LogP contribution in [0.3, 0.4) is 0 Å². The number of nitrogens with one attached hydrogen (secondary N) is 1. The molecule has 0 aromatic carbocycles. The fourth-order valence-corrected chi connectivity index (χ4v) is 3.84. The Labute approximate surface area is 140 Å². The van der Waals surface area contributed by atoms with E-state index in [0.29, 0.717) is 18.2 Å². The molecule has 2 aliphatic rings. The van der Waals surface area contributed by atoms with Crippen molar-refractivity contribution in [2.45, 2.75) is 25.0 Å². The third kappa shape index (κ3) is 2.99. The first-order valence-electron chi connectivity index (χ1n) is 8.46. The van der Waals surface area contributed by atoms with Crippen molar-refractivity contribution in [2.24, 2.45) is 5.92 Å². The average Bonchev–Trinajstić information content (AvgIpc) is 3.28. The molecule has 1 spiro atoms. The minimum atomic E-state index is -0.152. The van der Waals surface area contributed by atoms with Gasteiger partial charge in [-0.15, -0.1) is 0 Å². The highest BCUT2D eigenvalue weighted by Crippen LogP contribution is 2.42. The summed E-state index contributed by atoms with van der Waals surface area (Å²) in [5.41, 5.74) is -0.0397. The van der Waals surface area contributed by atoms with Crippen LogP contribution in [0.1, 0.15) is 29.2 Å². The third-order valence-electron chi connectivity index (χ3n) is 5.07. The highest BCUT2D eigenvalue weighted by Gasteiger charge is 2.52. The molecular weight excluding hydrogens is 308 g/mol. The number of carbonyl (C=O) groups is 1. The summed E-state index contributed by atoms with van der Waals surface area (Å²) in [6, 6.07) is 7.31. The maximum Gasteiger partial charge on any atom is 0.286 e. The monoisotopic (exact) mass is 330 g/mol. The summed E-state index contributed by atoms with van der Waals surface area (Å²) in [5, 5.41) is 2.93. The minimum absolute atomic E-state index is 0.0397. The maximum absolute atomic E-state index is 11.9. The molecule has 128 valence electrons. The van der Waals surface area contributed by atoms with Gasteiger partial charge in [0.05, 0.1) is 24.7 Å². The van der Waals surface area contributed by atoms with Crippen LogP contribution in [0.25, 0.3) is 0 Å². The van der Waals surface area contributed by atoms with Crippen LogP contribution in [-0.4, -0.2) is 42.6 Å². The van der Waals surface area contributed by atoms with E-state index in [1.54, 1.807) is 18.4 Å². The number of furan rings is 2. The molecular formula is C18H22N2O4. The normalized spacial score (nSPS) is 22.6. The standard InChI is InChI=1S/C18H22N2O4/c21-17(16-4-2-9-23-16)19-7-5-14-6-10-24-18(14)12-20(13-18)11-15-3-1-8-22-15/h1-4,8-9,14H,5-7,10-13H2,(H,19,21)/t14-/m0/s1. The van der Waals surface area contributed by atoms with Crippen LogP contribution in [0.2, 0.25) is 0 Å². The zero-order valence-electron chi connectivity index (χ0n) is 13.6. The molecule has 6 nitrogen and oxygen atoms in total. The molecule has 4 heterocycles. The van der Waals surface area contributed by atoms with E-state index in [4.69, 9.17) is 13.6 Å². The molecule has 1 atom stereocenters. The molecule has 1 amide bonds. The van der Waals surface area contributed by atoms with Gasteiger partial charge < -0.3 is 18.9 Å². The minimum Gasteiger partial charge on any atom is -0.468 e. The lowest BCUT2D eigenvalue weighted by Crippen LogP contribution is -2.64. The van der Waals surface area contributed by atoms with Gasteiger partial charge in [-0.05, 0) is 43.0 Å². The summed E-state index contributed by atoms with van der Waals surface area (Å²) >= 11 is 0. The van der Waals surface area contributed by atoms with E-state index in [1.807, 2.05) is 12.1 Å². The zero-order chi connectivity index (χ0) is 16.4. The van der Waals surface area contributed by atoms with Gasteiger partial charge in [-0.2, -0.15) is 0 Å². The number of likely N-dealkylation sites (tertiary alicyclic amines) is 1. The quantitative estimate of drug-likeness (QED) is 0.880. The van der Waals surface area contributed by atoms with E-state index in [9.17, 15) is 4.79 Å². The van der Waals surface area contributed by atoms with Gasteiger partial charge >= 0.3 is 0 Å². The summed E-state index contributed by atoms with van der Waals surface area (Å²) in [5.74, 6) is 1.69. The SMILES string of the molecule is O=C(NCC[C@H]1CCOC12CN(Cc1ccco1)C2)c1ccco1. The molecule has 2 aromatic rings. The van der Waals surface area contributed by atoms with Crippen molar-refractivity contribution < 1.29 is 18.4 Å². The molecule has 0 aliphatic carbocycles. The number of amides is 1. The van der Waals surface area contributed by atoms with Crippen molar-refractivity contribution in [3.05, 3.63) is 48.3 Å². The predicted molar refractivity (Wildman–Crippen MR) is 86.4 cm³/mol. The average molecular weight is 330 g/mol. The molecule has 0 radical (unpaired) electrons. The zero-order valence-corrected chi connectivity index (χ0v) is 13.6. The Hall–Kier alpha value is -2.05. The number of carbonyl (C=O) groups excluding carboxylic acids is 1. The summed E-state index contributed by atoms with van der Waals surface area (Å²) in [6.45, 7) is 4.16. The van der Waals surface area contributed by atoms with Crippen LogP contribution in [-0.2, 0) is 11.3 Å². The van der Waals surface area contributed by atoms with Crippen LogP contribution >= 0.6 is 0 Å². The molecule has 24 heavy (non-hydrogen) atoms. The van der Waals surface area contributed by atoms with Gasteiger partial charge in [-0.3, -0.25) is 9.69 Å². The Balaban J connectivity index is 1.25. The lowest BCUT2D eigenvalue weighted by molar-refractivity contribution is -0.138. The van der Waals surface area contributed by atoms with Crippen molar-refractivity contribution in [3.63, 3.8) is 0 Å². The van der Waals surface area contributed by atoms with Crippen LogP contribution in [0.15, 0.2) is 45.6 Å². The van der Waals surface area contributed by atoms with Crippen LogP contribution in [0, 0.1) is 5.92 Å². The molecule has 0 saturated carbocycles. The van der Waals surface area contributed by atoms with Gasteiger partial charge in [0, 0.05) is 26.2 Å². The van der Waals surface area contributed by atoms with Gasteiger partial charge in [0.2, 0.25) is 0 Å². The molecule has 2 fully saturated rings. The van der Waals surface area contributed by atoms with Gasteiger partial charge in [0.1, 0.15) is 5.76 Å². The van der Waals surface area contributed by atoms with Crippen molar-refractivity contribution in [3.8, 4) is 0 Å². The first-order chi connectivity index (χ1) is 11.8. The number of hydrogen-bond donors (Lipinski definition) is 1. The Morgan fingerprint density at radius 3 is 2.83 bits per heavy atom. The van der Waals surface area contributed by atoms with E-state index in [1.165, 1.54) is 6.26 Å². The van der Waals surface area contributed by atoms with Gasteiger partial charge in [0.15, 0.2) is 5.76 Å². The molecule has 0 bridgehead atoms. The lowest BCUT2D eigenvalue weighted by atomic mass is 9.79. The topological polar surface area (TPSA) is 67.8 Å². The lowest BCUT2D eigenvalue weighted by Gasteiger charge is -2.50. The summed E-state index contributed by atoms with van der Waals surface area (Å²) < 4.78 is 16.6. The first-order valence-corrected chi connectivity index (χ1v) is 8.46. The van der Waals surface area contributed by atoms with Crippen LogP contribution in [0.4, 0.5) is 0 Å². The molecule has 2 saturated heterocycles. The third-order valence-corrected chi connectivity index (χ3v) is 5.07. The predicted octanol–water partition coefficient (Wildman–Crippen LogP) is 2.28. The Morgan fingerprint density at radius 1 is 1.25 bits per heavy atom. The second-order valence-electron chi connectivity index (χ2n) is 6.65. The molecule has 0 unspecified atom stereocenters. The van der Waals surface area contributed by atoms with E-state index >= 15 is 0 Å². The van der Waals surface area contributed by atoms with Gasteiger partial charge in [0.25, 0.3) is 5.91 Å². The molecule has 6 heteroatoms. The second kappa shape index (κ2) is 6.45. The van der Waals surface area contributed by atoms with Gasteiger partial charge in [-0.25, -0.2) is 0 Å². The number of ether oxygens (including phenoxy) is 1. The van der Waals surface area contributed by atoms with Crippen molar-refractivity contribution in [2.75, 3.05) is 26.2 Å². The van der Waals surface area contributed by atoms with Crippen molar-refractivity contribution in [1.29, 1.82) is 0 Å². The maximum atomic E-state index is 11.9. The van der Waals surface area contributed by atoms with Crippen molar-refractivity contribution >= 4 is 5.91 Å². The number of hydrogen-bond acceptors (Lipinski definition) is 5. The summed E-state index contributed by atoms with van der Waals surface area (Å²) in [4.78, 5) is 14.2. The molecule has 2 aliphatic heterocycles.